The van der Waals surface area contributed by atoms with E-state index in [1.807, 2.05) is 12.1 Å². The van der Waals surface area contributed by atoms with E-state index in [2.05, 4.69) is 25.5 Å². The number of para-hydroxylation sites is 1. The lowest BCUT2D eigenvalue weighted by Gasteiger charge is -2.05. The highest BCUT2D eigenvalue weighted by Crippen LogP contribution is 2.19. The lowest BCUT2D eigenvalue weighted by atomic mass is 10.2. The first kappa shape index (κ1) is 10.4. The zero-order valence-electron chi connectivity index (χ0n) is 9.29. The number of benzene rings is 1. The van der Waals surface area contributed by atoms with E-state index in [-0.39, 0.29) is 5.91 Å². The first-order valence-corrected chi connectivity index (χ1v) is 5.35. The zero-order chi connectivity index (χ0) is 12.4. The number of hydrogen-bond donors (Lipinski definition) is 2. The van der Waals surface area contributed by atoms with Crippen LogP contribution in [-0.4, -0.2) is 26.1 Å². The molecule has 1 amide bonds. The van der Waals surface area contributed by atoms with Gasteiger partial charge in [-0.15, -0.1) is 0 Å². The van der Waals surface area contributed by atoms with E-state index in [0.29, 0.717) is 16.9 Å². The summed E-state index contributed by atoms with van der Waals surface area (Å²) in [5.74, 6) is -0.259. The number of nitrogens with zero attached hydrogens (tertiary/aromatic N) is 3. The van der Waals surface area contributed by atoms with Crippen LogP contribution in [0.1, 0.15) is 10.5 Å². The molecule has 1 aromatic carbocycles. The highest BCUT2D eigenvalue weighted by atomic mass is 16.1. The Morgan fingerprint density at radius 3 is 2.83 bits per heavy atom. The van der Waals surface area contributed by atoms with Crippen LogP contribution >= 0.6 is 0 Å². The van der Waals surface area contributed by atoms with E-state index >= 15 is 0 Å². The molecule has 6 nitrogen and oxygen atoms in total. The molecule has 6 heteroatoms. The van der Waals surface area contributed by atoms with Crippen LogP contribution in [0, 0.1) is 0 Å². The van der Waals surface area contributed by atoms with Crippen LogP contribution in [0.15, 0.2) is 42.9 Å². The van der Waals surface area contributed by atoms with Gasteiger partial charge in [0.15, 0.2) is 0 Å². The van der Waals surface area contributed by atoms with Gasteiger partial charge in [-0.1, -0.05) is 6.07 Å². The number of aromatic nitrogens is 4. The van der Waals surface area contributed by atoms with Gasteiger partial charge in [0.05, 0.1) is 11.2 Å². The van der Waals surface area contributed by atoms with Gasteiger partial charge in [0.2, 0.25) is 0 Å². The summed E-state index contributed by atoms with van der Waals surface area (Å²) < 4.78 is 0. The Kier molecular flexibility index (Phi) is 2.45. The summed E-state index contributed by atoms with van der Waals surface area (Å²) in [5.41, 5.74) is 2.42. The van der Waals surface area contributed by atoms with Crippen molar-refractivity contribution in [1.29, 1.82) is 0 Å². The number of carbonyl (C=O) groups excluding carboxylic acids is 1. The smallest absolute Gasteiger partial charge is 0.273 e. The van der Waals surface area contributed by atoms with Crippen molar-refractivity contribution in [2.24, 2.45) is 0 Å². The molecule has 0 saturated carbocycles. The van der Waals surface area contributed by atoms with Crippen molar-refractivity contribution >= 4 is 22.6 Å². The molecule has 0 saturated heterocycles. The minimum atomic E-state index is -0.259. The Morgan fingerprint density at radius 2 is 2.00 bits per heavy atom. The highest BCUT2D eigenvalue weighted by Gasteiger charge is 2.09. The fourth-order valence-corrected chi connectivity index (χ4v) is 1.67. The predicted octanol–water partition coefficient (Wildman–Crippen LogP) is 1.61. The average molecular weight is 239 g/mol. The van der Waals surface area contributed by atoms with Gasteiger partial charge in [0.25, 0.3) is 5.91 Å². The van der Waals surface area contributed by atoms with Gasteiger partial charge in [-0.3, -0.25) is 19.9 Å². The van der Waals surface area contributed by atoms with Crippen LogP contribution in [0.5, 0.6) is 0 Å². The maximum atomic E-state index is 11.9. The Labute approximate surface area is 102 Å². The molecule has 18 heavy (non-hydrogen) atoms. The standard InChI is InChI=1S/C12H9N5O/c18-12(10-4-5-15-17-10)16-9-3-1-2-8-11(9)14-7-6-13-8/h1-7H,(H,15,17)(H,16,18). The van der Waals surface area contributed by atoms with E-state index in [4.69, 9.17) is 0 Å². The zero-order valence-corrected chi connectivity index (χ0v) is 9.29. The number of amides is 1. The molecule has 0 fully saturated rings. The predicted molar refractivity (Wildman–Crippen MR) is 66.1 cm³/mol. The van der Waals surface area contributed by atoms with Gasteiger partial charge in [0, 0.05) is 18.6 Å². The summed E-state index contributed by atoms with van der Waals surface area (Å²) in [5, 5.41) is 9.12. The van der Waals surface area contributed by atoms with Gasteiger partial charge in [-0.05, 0) is 18.2 Å². The summed E-state index contributed by atoms with van der Waals surface area (Å²) in [6.07, 6.45) is 4.73. The second-order valence-corrected chi connectivity index (χ2v) is 3.65. The third kappa shape index (κ3) is 1.80. The Bertz CT molecular complexity index is 687. The first-order chi connectivity index (χ1) is 8.84. The quantitative estimate of drug-likeness (QED) is 0.711. The maximum Gasteiger partial charge on any atom is 0.273 e. The molecule has 2 aromatic heterocycles. The number of carbonyl (C=O) groups is 1. The SMILES string of the molecule is O=C(Nc1cccc2nccnc12)c1ccn[nH]1. The number of anilines is 1. The van der Waals surface area contributed by atoms with E-state index in [9.17, 15) is 4.79 Å². The molecule has 3 rings (SSSR count). The summed E-state index contributed by atoms with van der Waals surface area (Å²) in [6, 6.07) is 7.05. The van der Waals surface area contributed by atoms with Crippen molar-refractivity contribution in [3.05, 3.63) is 48.5 Å². The first-order valence-electron chi connectivity index (χ1n) is 5.35. The Hall–Kier alpha value is -2.76. The van der Waals surface area contributed by atoms with Crippen molar-refractivity contribution in [2.75, 3.05) is 5.32 Å². The van der Waals surface area contributed by atoms with Crippen LogP contribution in [0.25, 0.3) is 11.0 Å². The number of nitrogens with one attached hydrogen (secondary N) is 2. The molecule has 0 aliphatic heterocycles. The third-order valence-electron chi connectivity index (χ3n) is 2.49. The molecule has 0 atom stereocenters. The van der Waals surface area contributed by atoms with Crippen LogP contribution in [0.3, 0.4) is 0 Å². The van der Waals surface area contributed by atoms with Crippen molar-refractivity contribution in [1.82, 2.24) is 20.2 Å². The fraction of sp³-hybridized carbons (Fsp3) is 0. The van der Waals surface area contributed by atoms with Crippen molar-refractivity contribution in [3.63, 3.8) is 0 Å². The largest absolute Gasteiger partial charge is 0.319 e. The number of aromatic amines is 1. The second-order valence-electron chi connectivity index (χ2n) is 3.65. The van der Waals surface area contributed by atoms with Gasteiger partial charge in [-0.25, -0.2) is 0 Å². The van der Waals surface area contributed by atoms with Crippen LogP contribution in [-0.2, 0) is 0 Å². The van der Waals surface area contributed by atoms with Crippen molar-refractivity contribution in [3.8, 4) is 0 Å². The van der Waals surface area contributed by atoms with E-state index in [1.54, 1.807) is 24.5 Å². The highest BCUT2D eigenvalue weighted by molar-refractivity contribution is 6.06. The monoisotopic (exact) mass is 239 g/mol. The summed E-state index contributed by atoms with van der Waals surface area (Å²) in [4.78, 5) is 20.3. The molecule has 3 aromatic rings. The minimum absolute atomic E-state index is 0.259. The topological polar surface area (TPSA) is 83.6 Å². The number of hydrogen-bond acceptors (Lipinski definition) is 4. The second kappa shape index (κ2) is 4.25. The van der Waals surface area contributed by atoms with Gasteiger partial charge >= 0.3 is 0 Å². The summed E-state index contributed by atoms with van der Waals surface area (Å²) in [7, 11) is 0. The molecule has 0 aliphatic carbocycles. The van der Waals surface area contributed by atoms with Crippen LogP contribution in [0.2, 0.25) is 0 Å². The summed E-state index contributed by atoms with van der Waals surface area (Å²) >= 11 is 0. The average Bonchev–Trinajstić information content (AvgIpc) is 2.93. The van der Waals surface area contributed by atoms with Crippen LogP contribution in [0.4, 0.5) is 5.69 Å². The van der Waals surface area contributed by atoms with E-state index < -0.39 is 0 Å². The normalized spacial score (nSPS) is 10.4. The molecule has 0 unspecified atom stereocenters. The third-order valence-corrected chi connectivity index (χ3v) is 2.49. The number of H-pyrrole nitrogens is 1. The molecule has 2 heterocycles. The molecule has 0 aliphatic rings. The lowest BCUT2D eigenvalue weighted by Crippen LogP contribution is -2.12. The molecule has 0 bridgehead atoms. The molecule has 88 valence electrons. The Balaban J connectivity index is 1.98. The molecular weight excluding hydrogens is 230 g/mol. The maximum absolute atomic E-state index is 11.9. The molecule has 2 N–H and O–H groups in total. The van der Waals surface area contributed by atoms with Crippen LogP contribution < -0.4 is 5.32 Å². The molecule has 0 spiro atoms. The fourth-order valence-electron chi connectivity index (χ4n) is 1.67. The van der Waals surface area contributed by atoms with Crippen molar-refractivity contribution in [2.45, 2.75) is 0 Å². The molecular formula is C12H9N5O. The summed E-state index contributed by atoms with van der Waals surface area (Å²) in [6.45, 7) is 0. The minimum Gasteiger partial charge on any atom is -0.319 e. The van der Waals surface area contributed by atoms with Crippen molar-refractivity contribution < 1.29 is 4.79 Å². The molecule has 0 radical (unpaired) electrons. The van der Waals surface area contributed by atoms with E-state index in [0.717, 1.165) is 5.52 Å². The van der Waals surface area contributed by atoms with Gasteiger partial charge in [0.1, 0.15) is 11.2 Å². The number of rotatable bonds is 2. The van der Waals surface area contributed by atoms with Gasteiger partial charge < -0.3 is 5.32 Å². The Morgan fingerprint density at radius 1 is 1.11 bits per heavy atom. The number of fused-ring (bicyclic) bond motifs is 1. The van der Waals surface area contributed by atoms with E-state index in [1.165, 1.54) is 6.20 Å². The van der Waals surface area contributed by atoms with Gasteiger partial charge in [-0.2, -0.15) is 5.10 Å². The lowest BCUT2D eigenvalue weighted by molar-refractivity contribution is 0.102.